The van der Waals surface area contributed by atoms with Gasteiger partial charge >= 0.3 is 5.97 Å². The lowest BCUT2D eigenvalue weighted by molar-refractivity contribution is -0.137. The second kappa shape index (κ2) is 10.8. The van der Waals surface area contributed by atoms with E-state index in [-0.39, 0.29) is 27.7 Å². The lowest BCUT2D eigenvalue weighted by Gasteiger charge is -2.26. The molecule has 8 nitrogen and oxygen atoms in total. The number of hydrogen-bond acceptors (Lipinski definition) is 8. The number of ketones is 1. The van der Waals surface area contributed by atoms with Crippen molar-refractivity contribution in [1.29, 1.82) is 5.41 Å². The summed E-state index contributed by atoms with van der Waals surface area (Å²) in [5.41, 5.74) is 6.09. The van der Waals surface area contributed by atoms with Gasteiger partial charge in [0.05, 0.1) is 18.2 Å². The number of morpholine rings is 1. The van der Waals surface area contributed by atoms with Crippen molar-refractivity contribution in [2.75, 3.05) is 46.0 Å². The Labute approximate surface area is 169 Å². The van der Waals surface area contributed by atoms with Crippen molar-refractivity contribution in [3.8, 4) is 0 Å². The Balaban J connectivity index is 1.92. The fourth-order valence-electron chi connectivity index (χ4n) is 2.70. The van der Waals surface area contributed by atoms with Crippen molar-refractivity contribution < 1.29 is 19.1 Å². The average molecular weight is 409 g/mol. The quantitative estimate of drug-likeness (QED) is 0.243. The number of hydrogen-bond donors (Lipinski definition) is 3. The number of carbonyl (C=O) groups is 2. The van der Waals surface area contributed by atoms with Gasteiger partial charge in [0.1, 0.15) is 11.4 Å². The highest BCUT2D eigenvalue weighted by atomic mass is 35.5. The molecule has 9 heteroatoms. The van der Waals surface area contributed by atoms with Crippen LogP contribution in [0.4, 0.5) is 0 Å². The van der Waals surface area contributed by atoms with E-state index in [9.17, 15) is 9.59 Å². The highest BCUT2D eigenvalue weighted by Gasteiger charge is 2.20. The van der Waals surface area contributed by atoms with Crippen molar-refractivity contribution in [2.45, 2.75) is 6.92 Å². The minimum atomic E-state index is -0.829. The van der Waals surface area contributed by atoms with Gasteiger partial charge in [-0.1, -0.05) is 23.7 Å². The van der Waals surface area contributed by atoms with Gasteiger partial charge in [-0.05, 0) is 19.1 Å². The van der Waals surface area contributed by atoms with Crippen molar-refractivity contribution in [3.05, 3.63) is 46.2 Å². The van der Waals surface area contributed by atoms with Crippen LogP contribution in [0.15, 0.2) is 35.7 Å². The maximum absolute atomic E-state index is 12.4. The SMILES string of the molecule is CC(=N)/C(C(=O)OCC(=O)c1ccccc1Cl)=C(/N)NCCN1CCOCC1. The first kappa shape index (κ1) is 21.9. The molecule has 0 spiro atoms. The largest absolute Gasteiger partial charge is 0.454 e. The van der Waals surface area contributed by atoms with Gasteiger partial charge in [-0.15, -0.1) is 0 Å². The van der Waals surface area contributed by atoms with E-state index in [1.807, 2.05) is 0 Å². The minimum Gasteiger partial charge on any atom is -0.454 e. The van der Waals surface area contributed by atoms with E-state index >= 15 is 0 Å². The molecule has 0 unspecified atom stereocenters. The summed E-state index contributed by atoms with van der Waals surface area (Å²) >= 11 is 5.97. The van der Waals surface area contributed by atoms with Crippen LogP contribution in [0.5, 0.6) is 0 Å². The molecular weight excluding hydrogens is 384 g/mol. The molecule has 0 atom stereocenters. The Morgan fingerprint density at radius 3 is 2.64 bits per heavy atom. The summed E-state index contributed by atoms with van der Waals surface area (Å²) in [6.07, 6.45) is 0. The summed E-state index contributed by atoms with van der Waals surface area (Å²) in [5, 5.41) is 11.0. The zero-order valence-electron chi connectivity index (χ0n) is 15.8. The lowest BCUT2D eigenvalue weighted by atomic mass is 10.1. The fraction of sp³-hybridized carbons (Fsp3) is 0.421. The molecule has 2 rings (SSSR count). The molecule has 0 aromatic heterocycles. The van der Waals surface area contributed by atoms with Crippen LogP contribution < -0.4 is 11.1 Å². The zero-order chi connectivity index (χ0) is 20.5. The van der Waals surface area contributed by atoms with Crippen LogP contribution in [0.3, 0.4) is 0 Å². The number of nitrogens with one attached hydrogen (secondary N) is 2. The molecule has 1 aromatic rings. The Morgan fingerprint density at radius 1 is 1.32 bits per heavy atom. The average Bonchev–Trinajstić information content (AvgIpc) is 2.67. The van der Waals surface area contributed by atoms with Crippen LogP contribution in [0.25, 0.3) is 0 Å². The molecular formula is C19H25ClN4O4. The van der Waals surface area contributed by atoms with Crippen LogP contribution in [-0.2, 0) is 14.3 Å². The van der Waals surface area contributed by atoms with Gasteiger partial charge in [0.2, 0.25) is 5.78 Å². The van der Waals surface area contributed by atoms with Crippen molar-refractivity contribution in [2.24, 2.45) is 5.73 Å². The lowest BCUT2D eigenvalue weighted by Crippen LogP contribution is -2.41. The van der Waals surface area contributed by atoms with Gasteiger partial charge in [0, 0.05) is 37.5 Å². The first-order valence-electron chi connectivity index (χ1n) is 8.94. The molecule has 1 aliphatic heterocycles. The molecule has 152 valence electrons. The molecule has 0 amide bonds. The number of halogens is 1. The molecule has 1 aromatic carbocycles. The Bertz CT molecular complexity index is 760. The second-order valence-corrected chi connectivity index (χ2v) is 6.68. The summed E-state index contributed by atoms with van der Waals surface area (Å²) in [5.74, 6) is -1.21. The maximum Gasteiger partial charge on any atom is 0.344 e. The molecule has 0 bridgehead atoms. The summed E-state index contributed by atoms with van der Waals surface area (Å²) < 4.78 is 10.4. The van der Waals surface area contributed by atoms with Crippen molar-refractivity contribution in [1.82, 2.24) is 10.2 Å². The van der Waals surface area contributed by atoms with E-state index < -0.39 is 18.4 Å². The van der Waals surface area contributed by atoms with Crippen molar-refractivity contribution in [3.63, 3.8) is 0 Å². The maximum atomic E-state index is 12.4. The molecule has 1 aliphatic rings. The van der Waals surface area contributed by atoms with E-state index in [1.165, 1.54) is 6.92 Å². The van der Waals surface area contributed by atoms with Gasteiger partial charge in [0.25, 0.3) is 0 Å². The zero-order valence-corrected chi connectivity index (χ0v) is 16.6. The molecule has 0 saturated carbocycles. The normalized spacial score (nSPS) is 15.5. The Morgan fingerprint density at radius 2 is 2.00 bits per heavy atom. The molecule has 1 fully saturated rings. The third-order valence-electron chi connectivity index (χ3n) is 4.20. The van der Waals surface area contributed by atoms with Crippen LogP contribution in [0.2, 0.25) is 5.02 Å². The predicted molar refractivity (Wildman–Crippen MR) is 107 cm³/mol. The molecule has 4 N–H and O–H groups in total. The van der Waals surface area contributed by atoms with Gasteiger partial charge in [-0.2, -0.15) is 0 Å². The van der Waals surface area contributed by atoms with Gasteiger partial charge in [0.15, 0.2) is 6.61 Å². The number of esters is 1. The summed E-state index contributed by atoms with van der Waals surface area (Å²) in [7, 11) is 0. The molecule has 0 radical (unpaired) electrons. The highest BCUT2D eigenvalue weighted by Crippen LogP contribution is 2.15. The Kier molecular flexibility index (Phi) is 8.43. The van der Waals surface area contributed by atoms with Crippen molar-refractivity contribution >= 4 is 29.1 Å². The van der Waals surface area contributed by atoms with E-state index in [0.717, 1.165) is 19.6 Å². The smallest absolute Gasteiger partial charge is 0.344 e. The summed E-state index contributed by atoms with van der Waals surface area (Å²) in [6, 6.07) is 6.51. The van der Waals surface area contributed by atoms with Crippen LogP contribution in [0, 0.1) is 5.41 Å². The minimum absolute atomic E-state index is 0.0495. The van der Waals surface area contributed by atoms with Gasteiger partial charge in [-0.3, -0.25) is 9.69 Å². The van der Waals surface area contributed by atoms with Crippen LogP contribution >= 0.6 is 11.6 Å². The number of ether oxygens (including phenoxy) is 2. The van der Waals surface area contributed by atoms with E-state index in [4.69, 9.17) is 32.2 Å². The highest BCUT2D eigenvalue weighted by molar-refractivity contribution is 6.34. The van der Waals surface area contributed by atoms with Gasteiger partial charge < -0.3 is 25.9 Å². The Hall–Kier alpha value is -2.42. The number of carbonyl (C=O) groups excluding carboxylic acids is 2. The number of rotatable bonds is 9. The third-order valence-corrected chi connectivity index (χ3v) is 4.53. The van der Waals surface area contributed by atoms with E-state index in [2.05, 4.69) is 10.2 Å². The summed E-state index contributed by atoms with van der Waals surface area (Å²) in [4.78, 5) is 26.8. The van der Waals surface area contributed by atoms with E-state index in [1.54, 1.807) is 24.3 Å². The molecule has 0 aliphatic carbocycles. The van der Waals surface area contributed by atoms with Gasteiger partial charge in [-0.25, -0.2) is 4.79 Å². The summed E-state index contributed by atoms with van der Waals surface area (Å²) in [6.45, 7) is 5.26. The number of nitrogens with two attached hydrogens (primary N) is 1. The van der Waals surface area contributed by atoms with Crippen LogP contribution in [0.1, 0.15) is 17.3 Å². The number of nitrogens with zero attached hydrogens (tertiary/aromatic N) is 1. The predicted octanol–water partition coefficient (Wildman–Crippen LogP) is 1.20. The molecule has 1 heterocycles. The number of benzene rings is 1. The third kappa shape index (κ3) is 6.33. The first-order valence-corrected chi connectivity index (χ1v) is 9.32. The second-order valence-electron chi connectivity index (χ2n) is 6.27. The van der Waals surface area contributed by atoms with E-state index in [0.29, 0.717) is 19.8 Å². The molecule has 1 saturated heterocycles. The standard InChI is InChI=1S/C19H25ClN4O4/c1-13(21)17(18(22)23-6-7-24-8-10-27-11-9-24)19(26)28-12-16(25)14-4-2-3-5-15(14)20/h2-5,21,23H,6-12,22H2,1H3/b18-17+,21-13?. The monoisotopic (exact) mass is 408 g/mol. The van der Waals surface area contributed by atoms with Crippen LogP contribution in [-0.4, -0.2) is 68.4 Å². The number of Topliss-reactive ketones (excluding diaryl/α,β-unsaturated/α-hetero) is 1. The molecule has 28 heavy (non-hydrogen) atoms. The topological polar surface area (TPSA) is 118 Å². The first-order chi connectivity index (χ1) is 13.4. The fourth-order valence-corrected chi connectivity index (χ4v) is 2.94.